The van der Waals surface area contributed by atoms with Gasteiger partial charge in [-0.05, 0) is 50.1 Å². The van der Waals surface area contributed by atoms with Gasteiger partial charge in [0.2, 0.25) is 0 Å². The molecule has 3 heterocycles. The molecular formula is C34H33N3O5S. The minimum atomic E-state index is -0.875. The van der Waals surface area contributed by atoms with Gasteiger partial charge in [0.05, 0.1) is 36.2 Å². The lowest BCUT2D eigenvalue weighted by Crippen LogP contribution is -2.41. The van der Waals surface area contributed by atoms with Crippen LogP contribution in [0, 0.1) is 0 Å². The molecular weight excluding hydrogens is 562 g/mol. The molecule has 1 atom stereocenters. The van der Waals surface area contributed by atoms with Crippen LogP contribution in [-0.4, -0.2) is 36.2 Å². The Bertz CT molecular complexity index is 2000. The van der Waals surface area contributed by atoms with E-state index >= 15 is 0 Å². The number of anilines is 1. The van der Waals surface area contributed by atoms with Gasteiger partial charge in [0.1, 0.15) is 16.3 Å². The topological polar surface area (TPSA) is 90.2 Å². The number of nitrogens with zero attached hydrogens (tertiary/aromatic N) is 3. The molecule has 0 bridgehead atoms. The Morgan fingerprint density at radius 2 is 1.77 bits per heavy atom. The van der Waals surface area contributed by atoms with Crippen LogP contribution in [0.2, 0.25) is 0 Å². The zero-order valence-electron chi connectivity index (χ0n) is 24.8. The van der Waals surface area contributed by atoms with Crippen molar-refractivity contribution in [1.29, 1.82) is 0 Å². The highest BCUT2D eigenvalue weighted by Crippen LogP contribution is 2.41. The predicted molar refractivity (Wildman–Crippen MR) is 168 cm³/mol. The van der Waals surface area contributed by atoms with E-state index in [9.17, 15) is 14.4 Å². The first-order valence-electron chi connectivity index (χ1n) is 14.5. The summed E-state index contributed by atoms with van der Waals surface area (Å²) in [5.74, 6) is -0.213. The number of fused-ring (bicyclic) bond motifs is 3. The molecule has 0 fully saturated rings. The van der Waals surface area contributed by atoms with Crippen molar-refractivity contribution in [2.24, 2.45) is 4.99 Å². The number of hydrogen-bond acceptors (Lipinski definition) is 7. The Labute approximate surface area is 253 Å². The highest BCUT2D eigenvalue weighted by atomic mass is 32.1. The monoisotopic (exact) mass is 595 g/mol. The summed E-state index contributed by atoms with van der Waals surface area (Å²) in [5, 5.41) is 1.78. The van der Waals surface area contributed by atoms with Crippen LogP contribution in [0.25, 0.3) is 16.3 Å². The van der Waals surface area contributed by atoms with E-state index in [0.29, 0.717) is 49.5 Å². The molecule has 0 aliphatic carbocycles. The highest BCUT2D eigenvalue weighted by molar-refractivity contribution is 7.07. The predicted octanol–water partition coefficient (Wildman–Crippen LogP) is 4.87. The Hall–Kier alpha value is -4.50. The molecule has 2 aliphatic heterocycles. The van der Waals surface area contributed by atoms with Crippen LogP contribution in [0.4, 0.5) is 5.69 Å². The molecule has 43 heavy (non-hydrogen) atoms. The molecule has 0 saturated heterocycles. The van der Waals surface area contributed by atoms with Crippen molar-refractivity contribution in [3.63, 3.8) is 0 Å². The van der Waals surface area contributed by atoms with Crippen LogP contribution in [0.3, 0.4) is 0 Å². The second-order valence-electron chi connectivity index (χ2n) is 10.8. The van der Waals surface area contributed by atoms with E-state index in [4.69, 9.17) is 14.5 Å². The molecule has 0 unspecified atom stereocenters. The van der Waals surface area contributed by atoms with Crippen molar-refractivity contribution >= 4 is 45.2 Å². The molecule has 1 amide bonds. The lowest BCUT2D eigenvalue weighted by atomic mass is 9.90. The molecule has 2 aliphatic rings. The standard InChI is InChI=1S/C34H33N3O5S/c1-6-12-23-28(33(40)42-7-2)29(26-21-14-9-8-13-20(21)17-18-25(26)41-5)37-32(39)30(43-34(37)35-23)27-22-15-10-11-16-24(22)36(19(3)4)31(27)38/h8-11,13-19,29H,6-7,12H2,1-5H3/b30-27+/t29-/m1/s1. The minimum Gasteiger partial charge on any atom is -0.496 e. The summed E-state index contributed by atoms with van der Waals surface area (Å²) in [5.41, 5.74) is 3.01. The van der Waals surface area contributed by atoms with Gasteiger partial charge in [-0.1, -0.05) is 73.2 Å². The summed E-state index contributed by atoms with van der Waals surface area (Å²) in [6.45, 7) is 7.85. The van der Waals surface area contributed by atoms with Gasteiger partial charge < -0.3 is 14.4 Å². The van der Waals surface area contributed by atoms with E-state index < -0.39 is 12.0 Å². The van der Waals surface area contributed by atoms with Crippen molar-refractivity contribution in [3.05, 3.63) is 103 Å². The van der Waals surface area contributed by atoms with Crippen molar-refractivity contribution in [1.82, 2.24) is 4.57 Å². The maximum atomic E-state index is 14.6. The lowest BCUT2D eigenvalue weighted by Gasteiger charge is -2.28. The van der Waals surface area contributed by atoms with Gasteiger partial charge in [0.25, 0.3) is 11.5 Å². The second-order valence-corrected chi connectivity index (χ2v) is 11.8. The number of para-hydroxylation sites is 1. The second kappa shape index (κ2) is 11.3. The van der Waals surface area contributed by atoms with Crippen LogP contribution < -0.4 is 24.5 Å². The molecule has 8 nitrogen and oxygen atoms in total. The van der Waals surface area contributed by atoms with Crippen molar-refractivity contribution in [3.8, 4) is 5.75 Å². The van der Waals surface area contributed by atoms with Gasteiger partial charge in [-0.3, -0.25) is 14.2 Å². The molecule has 0 N–H and O–H groups in total. The number of carbonyl (C=O) groups excluding carboxylic acids is 2. The van der Waals surface area contributed by atoms with Gasteiger partial charge in [0.15, 0.2) is 4.80 Å². The Kier molecular flexibility index (Phi) is 7.52. The quantitative estimate of drug-likeness (QED) is 0.285. The van der Waals surface area contributed by atoms with Gasteiger partial charge in [0, 0.05) is 17.2 Å². The number of ether oxygens (including phenoxy) is 2. The molecule has 1 aromatic heterocycles. The maximum absolute atomic E-state index is 14.6. The fourth-order valence-corrected chi connectivity index (χ4v) is 7.26. The van der Waals surface area contributed by atoms with Crippen molar-refractivity contribution < 1.29 is 19.1 Å². The first kappa shape index (κ1) is 28.6. The van der Waals surface area contributed by atoms with E-state index in [1.54, 1.807) is 23.5 Å². The smallest absolute Gasteiger partial charge is 0.338 e. The SMILES string of the molecule is CCCC1=C(C(=O)OCC)[C@@H](c2c(OC)ccc3ccccc23)n2c(s/c(=C3/C(=O)N(C(C)C)c4ccccc43)c2=O)=N1. The number of benzene rings is 3. The third kappa shape index (κ3) is 4.50. The fourth-order valence-electron chi connectivity index (χ4n) is 6.15. The van der Waals surface area contributed by atoms with E-state index in [-0.39, 0.29) is 24.1 Å². The summed E-state index contributed by atoms with van der Waals surface area (Å²) in [7, 11) is 1.58. The largest absolute Gasteiger partial charge is 0.496 e. The summed E-state index contributed by atoms with van der Waals surface area (Å²) < 4.78 is 13.3. The van der Waals surface area contributed by atoms with Crippen LogP contribution in [0.1, 0.15) is 57.7 Å². The van der Waals surface area contributed by atoms with Gasteiger partial charge >= 0.3 is 5.97 Å². The number of thiazole rings is 1. The Morgan fingerprint density at radius 1 is 1.02 bits per heavy atom. The van der Waals surface area contributed by atoms with Crippen molar-refractivity contribution in [2.45, 2.75) is 52.6 Å². The first-order chi connectivity index (χ1) is 20.8. The Morgan fingerprint density at radius 3 is 2.49 bits per heavy atom. The minimum absolute atomic E-state index is 0.103. The number of rotatable bonds is 7. The average Bonchev–Trinajstić information content (AvgIpc) is 3.48. The normalized spacial score (nSPS) is 17.3. The van der Waals surface area contributed by atoms with Crippen LogP contribution >= 0.6 is 11.3 Å². The van der Waals surface area contributed by atoms with Gasteiger partial charge in [-0.25, -0.2) is 9.79 Å². The van der Waals surface area contributed by atoms with E-state index in [1.165, 1.54) is 11.3 Å². The van der Waals surface area contributed by atoms with E-state index in [1.807, 2.05) is 81.4 Å². The maximum Gasteiger partial charge on any atom is 0.338 e. The summed E-state index contributed by atoms with van der Waals surface area (Å²) >= 11 is 1.19. The molecule has 220 valence electrons. The number of allylic oxidation sites excluding steroid dienone is 1. The lowest BCUT2D eigenvalue weighted by molar-refractivity contribution is -0.139. The van der Waals surface area contributed by atoms with Crippen LogP contribution in [0.5, 0.6) is 5.75 Å². The zero-order valence-corrected chi connectivity index (χ0v) is 25.7. The molecule has 6 rings (SSSR count). The average molecular weight is 596 g/mol. The molecule has 9 heteroatoms. The third-order valence-electron chi connectivity index (χ3n) is 7.90. The summed E-state index contributed by atoms with van der Waals surface area (Å²) in [6.07, 6.45) is 1.24. The number of methoxy groups -OCH3 is 1. The number of carbonyl (C=O) groups is 2. The van der Waals surface area contributed by atoms with Crippen LogP contribution in [0.15, 0.2) is 81.7 Å². The molecule has 0 radical (unpaired) electrons. The molecule has 4 aromatic rings. The Balaban J connectivity index is 1.75. The highest BCUT2D eigenvalue weighted by Gasteiger charge is 2.39. The summed E-state index contributed by atoms with van der Waals surface area (Å²) in [4.78, 5) is 49.4. The van der Waals surface area contributed by atoms with Gasteiger partial charge in [-0.2, -0.15) is 0 Å². The van der Waals surface area contributed by atoms with Crippen molar-refractivity contribution in [2.75, 3.05) is 18.6 Å². The molecule has 0 spiro atoms. The molecule has 3 aromatic carbocycles. The first-order valence-corrected chi connectivity index (χ1v) is 15.4. The van der Waals surface area contributed by atoms with Gasteiger partial charge in [-0.15, -0.1) is 0 Å². The number of aromatic nitrogens is 1. The van der Waals surface area contributed by atoms with E-state index in [2.05, 4.69) is 0 Å². The van der Waals surface area contributed by atoms with E-state index in [0.717, 1.165) is 22.9 Å². The summed E-state index contributed by atoms with van der Waals surface area (Å²) in [6, 6.07) is 18.2. The third-order valence-corrected chi connectivity index (χ3v) is 8.95. The van der Waals surface area contributed by atoms with Crippen LogP contribution in [-0.2, 0) is 14.3 Å². The number of esters is 1. The molecule has 0 saturated carbocycles. The number of hydrogen-bond donors (Lipinski definition) is 0. The zero-order chi connectivity index (χ0) is 30.4. The number of amides is 1. The fraction of sp³-hybridized carbons (Fsp3) is 0.294.